The Hall–Kier alpha value is -5.06. The van der Waals surface area contributed by atoms with Crippen LogP contribution in [-0.2, 0) is 19.6 Å². The molecule has 228 valence electrons. The number of para-hydroxylation sites is 2. The van der Waals surface area contributed by atoms with E-state index < -0.39 is 28.0 Å². The molecule has 9 nitrogen and oxygen atoms in total. The molecule has 1 aromatic heterocycles. The number of amides is 2. The number of benzene rings is 4. The van der Waals surface area contributed by atoms with Gasteiger partial charge < -0.3 is 15.0 Å². The Bertz CT molecular complexity index is 1840. The summed E-state index contributed by atoms with van der Waals surface area (Å²) in [6, 6.07) is 34.6. The summed E-state index contributed by atoms with van der Waals surface area (Å²) in [6.45, 7) is -0.368. The lowest BCUT2D eigenvalue weighted by molar-refractivity contribution is -0.138. The lowest BCUT2D eigenvalue weighted by Gasteiger charge is -2.40. The van der Waals surface area contributed by atoms with Crippen molar-refractivity contribution < 1.29 is 22.7 Å². The number of hydrogen-bond donors (Lipinski definition) is 1. The summed E-state index contributed by atoms with van der Waals surface area (Å²) in [5, 5.41) is 3.76. The first-order chi connectivity index (χ1) is 21.9. The quantitative estimate of drug-likeness (QED) is 0.261. The van der Waals surface area contributed by atoms with Gasteiger partial charge in [-0.1, -0.05) is 97.1 Å². The van der Waals surface area contributed by atoms with Crippen LogP contribution in [0, 0.1) is 0 Å². The molecular formula is C35H32N4O5S. The van der Waals surface area contributed by atoms with Crippen molar-refractivity contribution in [3.63, 3.8) is 0 Å². The highest BCUT2D eigenvalue weighted by Crippen LogP contribution is 2.29. The normalized spacial score (nSPS) is 15.6. The maximum absolute atomic E-state index is 14.3. The Morgan fingerprint density at radius 1 is 0.800 bits per heavy atom. The van der Waals surface area contributed by atoms with Gasteiger partial charge >= 0.3 is 0 Å². The number of nitrogens with one attached hydrogen (secondary N) is 1. The molecule has 45 heavy (non-hydrogen) atoms. The van der Waals surface area contributed by atoms with E-state index in [-0.39, 0.29) is 37.0 Å². The van der Waals surface area contributed by atoms with Crippen molar-refractivity contribution in [3.05, 3.63) is 139 Å². The molecule has 4 aromatic carbocycles. The summed E-state index contributed by atoms with van der Waals surface area (Å²) in [4.78, 5) is 33.4. The summed E-state index contributed by atoms with van der Waals surface area (Å²) < 4.78 is 35.5. The second-order valence-electron chi connectivity index (χ2n) is 10.7. The summed E-state index contributed by atoms with van der Waals surface area (Å²) >= 11 is 0. The fourth-order valence-corrected chi connectivity index (χ4v) is 7.28. The van der Waals surface area contributed by atoms with Crippen molar-refractivity contribution in [2.75, 3.05) is 26.2 Å². The van der Waals surface area contributed by atoms with Crippen LogP contribution >= 0.6 is 0 Å². The van der Waals surface area contributed by atoms with Crippen LogP contribution in [0.2, 0.25) is 0 Å². The van der Waals surface area contributed by atoms with Gasteiger partial charge in [0.2, 0.25) is 15.9 Å². The maximum atomic E-state index is 14.3. The van der Waals surface area contributed by atoms with E-state index in [1.165, 1.54) is 15.3 Å². The van der Waals surface area contributed by atoms with Gasteiger partial charge in [-0.05, 0) is 35.4 Å². The Labute approximate surface area is 262 Å². The number of nitrogens with zero attached hydrogens (tertiary/aromatic N) is 3. The van der Waals surface area contributed by atoms with Crippen molar-refractivity contribution >= 4 is 32.7 Å². The number of ether oxygens (including phenoxy) is 1. The highest BCUT2D eigenvalue weighted by atomic mass is 32.2. The third-order valence-electron chi connectivity index (χ3n) is 7.83. The van der Waals surface area contributed by atoms with Crippen LogP contribution in [0.25, 0.3) is 10.9 Å². The molecule has 1 fully saturated rings. The molecule has 1 unspecified atom stereocenters. The number of rotatable bonds is 9. The minimum atomic E-state index is -4.21. The van der Waals surface area contributed by atoms with Gasteiger partial charge in [-0.15, -0.1) is 0 Å². The van der Waals surface area contributed by atoms with E-state index in [1.807, 2.05) is 78.9 Å². The van der Waals surface area contributed by atoms with Crippen LogP contribution in [0.15, 0.2) is 132 Å². The van der Waals surface area contributed by atoms with Crippen LogP contribution in [0.3, 0.4) is 0 Å². The van der Waals surface area contributed by atoms with Gasteiger partial charge in [0.05, 0.1) is 11.6 Å². The minimum Gasteiger partial charge on any atom is -0.484 e. The van der Waals surface area contributed by atoms with Gasteiger partial charge in [-0.25, -0.2) is 8.42 Å². The minimum absolute atomic E-state index is 0.00764. The molecule has 1 atom stereocenters. The molecule has 2 heterocycles. The van der Waals surface area contributed by atoms with Crippen molar-refractivity contribution in [1.29, 1.82) is 0 Å². The van der Waals surface area contributed by atoms with Gasteiger partial charge in [0.1, 0.15) is 16.7 Å². The average Bonchev–Trinajstić information content (AvgIpc) is 3.10. The number of aromatic nitrogens is 1. The number of piperazine rings is 1. The van der Waals surface area contributed by atoms with Crippen molar-refractivity contribution in [3.8, 4) is 5.75 Å². The van der Waals surface area contributed by atoms with Crippen LogP contribution < -0.4 is 10.1 Å². The predicted octanol–water partition coefficient (Wildman–Crippen LogP) is 4.42. The first kappa shape index (κ1) is 30.0. The summed E-state index contributed by atoms with van der Waals surface area (Å²) in [5.41, 5.74) is 2.00. The zero-order valence-electron chi connectivity index (χ0n) is 24.4. The Morgan fingerprint density at radius 3 is 2.09 bits per heavy atom. The first-order valence-electron chi connectivity index (χ1n) is 14.6. The molecule has 1 N–H and O–H groups in total. The van der Waals surface area contributed by atoms with Gasteiger partial charge in [-0.3, -0.25) is 14.6 Å². The number of carbonyl (C=O) groups is 2. The van der Waals surface area contributed by atoms with Crippen molar-refractivity contribution in [2.24, 2.45) is 0 Å². The number of pyridine rings is 1. The predicted molar refractivity (Wildman–Crippen MR) is 171 cm³/mol. The molecule has 5 aromatic rings. The fourth-order valence-electron chi connectivity index (χ4n) is 5.55. The molecule has 0 saturated carbocycles. The molecule has 0 aliphatic carbocycles. The average molecular weight is 621 g/mol. The SMILES string of the molecule is O=C(NC(c1ccccc1)c1ccccc1)C1CN(C(=O)COc2ccccc2)CCN1S(=O)(=O)c1cccc2cccnc12. The van der Waals surface area contributed by atoms with Gasteiger partial charge in [-0.2, -0.15) is 4.31 Å². The Balaban J connectivity index is 1.33. The molecule has 1 saturated heterocycles. The molecule has 0 radical (unpaired) electrons. The Kier molecular flexibility index (Phi) is 8.86. The molecule has 10 heteroatoms. The van der Waals surface area contributed by atoms with E-state index in [0.29, 0.717) is 16.7 Å². The Morgan fingerprint density at radius 2 is 1.42 bits per heavy atom. The van der Waals surface area contributed by atoms with E-state index in [4.69, 9.17) is 4.74 Å². The van der Waals surface area contributed by atoms with E-state index in [0.717, 1.165) is 11.1 Å². The van der Waals surface area contributed by atoms with E-state index in [2.05, 4.69) is 10.3 Å². The summed E-state index contributed by atoms with van der Waals surface area (Å²) in [5.74, 6) is -0.326. The van der Waals surface area contributed by atoms with Crippen molar-refractivity contribution in [2.45, 2.75) is 17.0 Å². The standard InChI is InChI=1S/C35H32N4O5S/c40-32(25-44-29-18-8-3-9-19-29)38-22-23-39(45(42,43)31-20-10-16-28-17-11-21-36-34(28)31)30(24-38)35(41)37-33(26-12-4-1-5-13-26)27-14-6-2-7-15-27/h1-21,30,33H,22-25H2,(H,37,41). The highest BCUT2D eigenvalue weighted by Gasteiger charge is 2.42. The zero-order chi connectivity index (χ0) is 31.2. The molecular weight excluding hydrogens is 588 g/mol. The fraction of sp³-hybridized carbons (Fsp3) is 0.171. The van der Waals surface area contributed by atoms with E-state index >= 15 is 0 Å². The van der Waals surface area contributed by atoms with Gasteiger partial charge in [0, 0.05) is 31.2 Å². The third-order valence-corrected chi connectivity index (χ3v) is 9.77. The molecule has 2 amide bonds. The molecule has 0 spiro atoms. The van der Waals surface area contributed by atoms with Crippen molar-refractivity contribution in [1.82, 2.24) is 19.5 Å². The van der Waals surface area contributed by atoms with Gasteiger partial charge in [0.15, 0.2) is 6.61 Å². The number of carbonyl (C=O) groups excluding carboxylic acids is 2. The molecule has 0 bridgehead atoms. The second-order valence-corrected chi connectivity index (χ2v) is 12.5. The summed E-state index contributed by atoms with van der Waals surface area (Å²) in [6.07, 6.45) is 1.54. The lowest BCUT2D eigenvalue weighted by Crippen LogP contribution is -2.62. The molecule has 6 rings (SSSR count). The van der Waals surface area contributed by atoms with E-state index in [9.17, 15) is 18.0 Å². The molecule has 1 aliphatic heterocycles. The smallest absolute Gasteiger partial charge is 0.260 e. The molecule has 1 aliphatic rings. The zero-order valence-corrected chi connectivity index (χ0v) is 25.2. The van der Waals surface area contributed by atoms with Crippen LogP contribution in [0.4, 0.5) is 0 Å². The number of fused-ring (bicyclic) bond motifs is 1. The largest absolute Gasteiger partial charge is 0.484 e. The topological polar surface area (TPSA) is 109 Å². The highest BCUT2D eigenvalue weighted by molar-refractivity contribution is 7.89. The van der Waals surface area contributed by atoms with Crippen LogP contribution in [0.1, 0.15) is 17.2 Å². The second kappa shape index (κ2) is 13.3. The maximum Gasteiger partial charge on any atom is 0.260 e. The monoisotopic (exact) mass is 620 g/mol. The van der Waals surface area contributed by atoms with Gasteiger partial charge in [0.25, 0.3) is 5.91 Å². The third kappa shape index (κ3) is 6.57. The number of hydrogen-bond acceptors (Lipinski definition) is 6. The summed E-state index contributed by atoms with van der Waals surface area (Å²) in [7, 11) is -4.21. The number of sulfonamides is 1. The first-order valence-corrected chi connectivity index (χ1v) is 16.1. The van der Waals surface area contributed by atoms with Crippen LogP contribution in [0.5, 0.6) is 5.75 Å². The van der Waals surface area contributed by atoms with E-state index in [1.54, 1.807) is 42.6 Å². The lowest BCUT2D eigenvalue weighted by atomic mass is 9.98. The van der Waals surface area contributed by atoms with Crippen LogP contribution in [-0.4, -0.2) is 66.7 Å².